The van der Waals surface area contributed by atoms with Crippen LogP contribution >= 0.6 is 11.8 Å². The highest BCUT2D eigenvalue weighted by molar-refractivity contribution is 7.98. The third kappa shape index (κ3) is 6.80. The molecule has 0 aromatic heterocycles. The average Bonchev–Trinajstić information content (AvgIpc) is 2.93. The summed E-state index contributed by atoms with van der Waals surface area (Å²) in [5.41, 5.74) is 2.09. The monoisotopic (exact) mass is 554 g/mol. The minimum absolute atomic E-state index is 0.119. The molecule has 1 amide bonds. The molecule has 1 fully saturated rings. The Kier molecular flexibility index (Phi) is 9.19. The van der Waals surface area contributed by atoms with Crippen LogP contribution in [0.4, 0.5) is 17.1 Å². The Morgan fingerprint density at radius 3 is 2.16 bits per heavy atom. The number of hydrogen-bond donors (Lipinski definition) is 1. The Labute approximate surface area is 229 Å². The van der Waals surface area contributed by atoms with E-state index >= 15 is 0 Å². The van der Waals surface area contributed by atoms with Crippen LogP contribution in [0.2, 0.25) is 0 Å². The van der Waals surface area contributed by atoms with Crippen molar-refractivity contribution in [1.29, 1.82) is 0 Å². The molecule has 0 aliphatic carbocycles. The van der Waals surface area contributed by atoms with Gasteiger partial charge in [-0.15, -0.1) is 11.8 Å². The topological polar surface area (TPSA) is 82.2 Å². The van der Waals surface area contributed by atoms with E-state index in [1.165, 1.54) is 11.8 Å². The fraction of sp³-hybridized carbons (Fsp3) is 0.321. The molecule has 1 saturated heterocycles. The van der Waals surface area contributed by atoms with E-state index in [0.717, 1.165) is 41.1 Å². The summed E-state index contributed by atoms with van der Waals surface area (Å²) in [7, 11) is -1.89. The van der Waals surface area contributed by atoms with E-state index < -0.39 is 15.9 Å². The summed E-state index contributed by atoms with van der Waals surface area (Å²) in [6, 6.07) is 21.0. The van der Waals surface area contributed by atoms with Gasteiger partial charge in [0.1, 0.15) is 12.3 Å². The van der Waals surface area contributed by atoms with Gasteiger partial charge in [0.15, 0.2) is 0 Å². The van der Waals surface area contributed by atoms with E-state index in [2.05, 4.69) is 22.2 Å². The Bertz CT molecular complexity index is 1310. The number of sulfonamides is 1. The Morgan fingerprint density at radius 1 is 0.947 bits per heavy atom. The third-order valence-electron chi connectivity index (χ3n) is 6.39. The Balaban J connectivity index is 1.53. The van der Waals surface area contributed by atoms with Crippen molar-refractivity contribution in [3.63, 3.8) is 0 Å². The van der Waals surface area contributed by atoms with Crippen molar-refractivity contribution in [3.8, 4) is 5.75 Å². The minimum Gasteiger partial charge on any atom is -0.494 e. The molecular formula is C28H34N4O4S2. The SMILES string of the molecule is CCOc1ccc(N(CC(=O)Nc2ccc(N3CCN(C)CC3)cc2)S(=O)(=O)c2ccc(SC)cc2)cc1. The van der Waals surface area contributed by atoms with Gasteiger partial charge in [-0.05, 0) is 93.0 Å². The first-order valence-corrected chi connectivity index (χ1v) is 15.2. The second kappa shape index (κ2) is 12.6. The standard InChI is InChI=1S/C28H34N4O4S2/c1-4-36-25-11-9-24(10-12-25)32(38(34,35)27-15-13-26(37-3)14-16-27)21-28(33)29-22-5-7-23(8-6-22)31-19-17-30(2)18-20-31/h5-16H,4,17-21H2,1-3H3,(H,29,33). The summed E-state index contributed by atoms with van der Waals surface area (Å²) in [5, 5.41) is 2.85. The number of benzene rings is 3. The van der Waals surface area contributed by atoms with Crippen molar-refractivity contribution in [2.75, 3.05) is 67.2 Å². The lowest BCUT2D eigenvalue weighted by Gasteiger charge is -2.34. The smallest absolute Gasteiger partial charge is 0.264 e. The van der Waals surface area contributed by atoms with Gasteiger partial charge in [0.25, 0.3) is 10.0 Å². The van der Waals surface area contributed by atoms with Crippen molar-refractivity contribution in [2.45, 2.75) is 16.7 Å². The molecule has 0 bridgehead atoms. The first kappa shape index (κ1) is 27.8. The van der Waals surface area contributed by atoms with E-state index in [1.54, 1.807) is 48.5 Å². The predicted molar refractivity (Wildman–Crippen MR) is 155 cm³/mol. The van der Waals surface area contributed by atoms with E-state index in [9.17, 15) is 13.2 Å². The second-order valence-corrected chi connectivity index (χ2v) is 11.7. The molecular weight excluding hydrogens is 520 g/mol. The number of nitrogens with one attached hydrogen (secondary N) is 1. The van der Waals surface area contributed by atoms with E-state index in [4.69, 9.17) is 4.74 Å². The number of likely N-dealkylation sites (N-methyl/N-ethyl adjacent to an activating group) is 1. The summed E-state index contributed by atoms with van der Waals surface area (Å²) in [5.74, 6) is 0.193. The highest BCUT2D eigenvalue weighted by Gasteiger charge is 2.27. The molecule has 8 nitrogen and oxygen atoms in total. The number of carbonyl (C=O) groups is 1. The zero-order valence-corrected chi connectivity index (χ0v) is 23.6. The number of anilines is 3. The van der Waals surface area contributed by atoms with E-state index in [1.807, 2.05) is 37.4 Å². The van der Waals surface area contributed by atoms with Crippen LogP contribution in [0.1, 0.15) is 6.92 Å². The first-order chi connectivity index (χ1) is 18.3. The van der Waals surface area contributed by atoms with Crippen LogP contribution < -0.4 is 19.3 Å². The lowest BCUT2D eigenvalue weighted by atomic mass is 10.2. The maximum absolute atomic E-state index is 13.7. The van der Waals surface area contributed by atoms with Crippen molar-refractivity contribution < 1.29 is 17.9 Å². The fourth-order valence-electron chi connectivity index (χ4n) is 4.22. The van der Waals surface area contributed by atoms with E-state index in [-0.39, 0.29) is 11.4 Å². The van der Waals surface area contributed by atoms with Crippen molar-refractivity contribution in [2.24, 2.45) is 0 Å². The van der Waals surface area contributed by atoms with Gasteiger partial charge >= 0.3 is 0 Å². The summed E-state index contributed by atoms with van der Waals surface area (Å²) in [6.45, 7) is 5.93. The van der Waals surface area contributed by atoms with Crippen LogP contribution in [-0.4, -0.2) is 71.9 Å². The predicted octanol–water partition coefficient (Wildman–Crippen LogP) is 4.39. The van der Waals surface area contributed by atoms with Crippen LogP contribution in [0, 0.1) is 0 Å². The molecule has 202 valence electrons. The van der Waals surface area contributed by atoms with Gasteiger partial charge in [-0.25, -0.2) is 8.42 Å². The molecule has 0 spiro atoms. The Hall–Kier alpha value is -3.21. The number of nitrogens with zero attached hydrogens (tertiary/aromatic N) is 3. The Morgan fingerprint density at radius 2 is 1.58 bits per heavy atom. The molecule has 4 rings (SSSR count). The minimum atomic E-state index is -4.01. The molecule has 0 saturated carbocycles. The number of hydrogen-bond acceptors (Lipinski definition) is 7. The third-order valence-corrected chi connectivity index (χ3v) is 8.92. The normalized spacial score (nSPS) is 14.2. The maximum atomic E-state index is 13.7. The van der Waals surface area contributed by atoms with E-state index in [0.29, 0.717) is 23.7 Å². The molecule has 0 atom stereocenters. The van der Waals surface area contributed by atoms with Gasteiger partial charge in [0.2, 0.25) is 5.91 Å². The van der Waals surface area contributed by atoms with Gasteiger partial charge in [0, 0.05) is 42.4 Å². The summed E-state index contributed by atoms with van der Waals surface area (Å²) >= 11 is 1.53. The number of carbonyl (C=O) groups excluding carboxylic acids is 1. The van der Waals surface area contributed by atoms with Crippen LogP contribution in [0.15, 0.2) is 82.6 Å². The molecule has 3 aromatic carbocycles. The van der Waals surface area contributed by atoms with Gasteiger partial charge in [-0.3, -0.25) is 9.10 Å². The highest BCUT2D eigenvalue weighted by atomic mass is 32.2. The molecule has 0 unspecified atom stereocenters. The van der Waals surface area contributed by atoms with Crippen LogP contribution in [0.25, 0.3) is 0 Å². The quantitative estimate of drug-likeness (QED) is 0.372. The zero-order valence-electron chi connectivity index (χ0n) is 22.0. The maximum Gasteiger partial charge on any atom is 0.264 e. The molecule has 1 heterocycles. The van der Waals surface area contributed by atoms with Crippen LogP contribution in [-0.2, 0) is 14.8 Å². The molecule has 1 aliphatic heterocycles. The highest BCUT2D eigenvalue weighted by Crippen LogP contribution is 2.27. The van der Waals surface area contributed by atoms with Gasteiger partial charge in [0.05, 0.1) is 17.2 Å². The second-order valence-electron chi connectivity index (χ2n) is 9.00. The zero-order chi connectivity index (χ0) is 27.1. The number of ether oxygens (including phenoxy) is 1. The van der Waals surface area contributed by atoms with Crippen LogP contribution in [0.3, 0.4) is 0 Å². The van der Waals surface area contributed by atoms with Crippen LogP contribution in [0.5, 0.6) is 5.75 Å². The summed E-state index contributed by atoms with van der Waals surface area (Å²) in [6.07, 6.45) is 1.93. The molecule has 38 heavy (non-hydrogen) atoms. The lowest BCUT2D eigenvalue weighted by Crippen LogP contribution is -2.44. The number of amides is 1. The largest absolute Gasteiger partial charge is 0.494 e. The van der Waals surface area contributed by atoms with Crippen molar-refractivity contribution >= 4 is 44.8 Å². The van der Waals surface area contributed by atoms with Gasteiger partial charge in [-0.1, -0.05) is 0 Å². The fourth-order valence-corrected chi connectivity index (χ4v) is 6.05. The van der Waals surface area contributed by atoms with Crippen molar-refractivity contribution in [1.82, 2.24) is 4.90 Å². The van der Waals surface area contributed by atoms with Gasteiger partial charge < -0.3 is 19.9 Å². The summed E-state index contributed by atoms with van der Waals surface area (Å²) in [4.78, 5) is 18.8. The van der Waals surface area contributed by atoms with Gasteiger partial charge in [-0.2, -0.15) is 0 Å². The van der Waals surface area contributed by atoms with Crippen molar-refractivity contribution in [3.05, 3.63) is 72.8 Å². The lowest BCUT2D eigenvalue weighted by molar-refractivity contribution is -0.114. The molecule has 0 radical (unpaired) electrons. The molecule has 1 N–H and O–H groups in total. The summed E-state index contributed by atoms with van der Waals surface area (Å²) < 4.78 is 34.0. The average molecular weight is 555 g/mol. The molecule has 3 aromatic rings. The number of rotatable bonds is 10. The molecule has 10 heteroatoms. The first-order valence-electron chi connectivity index (χ1n) is 12.5. The number of thioether (sulfide) groups is 1. The number of piperazine rings is 1. The molecule has 1 aliphatic rings.